The van der Waals surface area contributed by atoms with E-state index in [1.165, 1.54) is 0 Å². The zero-order valence-electron chi connectivity index (χ0n) is 13.1. The Kier molecular flexibility index (Phi) is 6.33. The van der Waals surface area contributed by atoms with Crippen LogP contribution in [-0.2, 0) is 10.2 Å². The molecule has 8 heteroatoms. The Morgan fingerprint density at radius 3 is 2.74 bits per heavy atom. The Bertz CT molecular complexity index is 641. The van der Waals surface area contributed by atoms with E-state index in [2.05, 4.69) is 12.2 Å². The molecule has 2 fully saturated rings. The number of piperazine rings is 1. The first-order valence-electron chi connectivity index (χ1n) is 7.71. The van der Waals surface area contributed by atoms with Crippen molar-refractivity contribution in [2.75, 3.05) is 32.7 Å². The number of benzene rings is 1. The van der Waals surface area contributed by atoms with Gasteiger partial charge in [-0.15, -0.1) is 12.4 Å². The molecule has 2 aliphatic heterocycles. The summed E-state index contributed by atoms with van der Waals surface area (Å²) in [5, 5.41) is 3.92. The Balaban J connectivity index is 0.00000192. The van der Waals surface area contributed by atoms with Gasteiger partial charge in [-0.25, -0.2) is 0 Å². The van der Waals surface area contributed by atoms with E-state index in [1.54, 1.807) is 8.61 Å². The zero-order valence-corrected chi connectivity index (χ0v) is 15.5. The molecule has 23 heavy (non-hydrogen) atoms. The fraction of sp³-hybridized carbons (Fsp3) is 0.600. The highest BCUT2D eigenvalue weighted by atomic mass is 35.5. The second-order valence-corrected chi connectivity index (χ2v) is 8.46. The maximum absolute atomic E-state index is 13.0. The van der Waals surface area contributed by atoms with Crippen molar-refractivity contribution in [3.8, 4) is 0 Å². The van der Waals surface area contributed by atoms with E-state index in [0.717, 1.165) is 12.0 Å². The van der Waals surface area contributed by atoms with Gasteiger partial charge in [0.05, 0.1) is 6.04 Å². The van der Waals surface area contributed by atoms with Crippen molar-refractivity contribution in [3.05, 3.63) is 34.9 Å². The van der Waals surface area contributed by atoms with Gasteiger partial charge in [0.25, 0.3) is 10.2 Å². The van der Waals surface area contributed by atoms with E-state index in [9.17, 15) is 8.42 Å². The van der Waals surface area contributed by atoms with Gasteiger partial charge in [-0.1, -0.05) is 30.7 Å². The molecular formula is C15H23Cl2N3O2S. The van der Waals surface area contributed by atoms with E-state index >= 15 is 0 Å². The normalized spacial score (nSPS) is 26.9. The second-order valence-electron chi connectivity index (χ2n) is 6.15. The minimum atomic E-state index is -3.42. The summed E-state index contributed by atoms with van der Waals surface area (Å²) in [6.45, 7) is 5.12. The highest BCUT2D eigenvalue weighted by molar-refractivity contribution is 7.86. The van der Waals surface area contributed by atoms with E-state index < -0.39 is 10.2 Å². The summed E-state index contributed by atoms with van der Waals surface area (Å²) in [6.07, 6.45) is 0.938. The fourth-order valence-electron chi connectivity index (χ4n) is 3.21. The predicted molar refractivity (Wildman–Crippen MR) is 95.3 cm³/mol. The third-order valence-electron chi connectivity index (χ3n) is 4.44. The number of hydrogen-bond donors (Lipinski definition) is 1. The van der Waals surface area contributed by atoms with Crippen LogP contribution in [0.5, 0.6) is 0 Å². The zero-order chi connectivity index (χ0) is 15.7. The van der Waals surface area contributed by atoms with Crippen molar-refractivity contribution >= 4 is 34.2 Å². The molecule has 1 aromatic rings. The first kappa shape index (κ1) is 19.0. The lowest BCUT2D eigenvalue weighted by atomic mass is 10.1. The van der Waals surface area contributed by atoms with Gasteiger partial charge in [0, 0.05) is 37.7 Å². The maximum atomic E-state index is 13.0. The van der Waals surface area contributed by atoms with Gasteiger partial charge >= 0.3 is 0 Å². The molecule has 2 heterocycles. The summed E-state index contributed by atoms with van der Waals surface area (Å²) < 4.78 is 29.2. The van der Waals surface area contributed by atoms with Crippen molar-refractivity contribution in [1.82, 2.24) is 13.9 Å². The minimum Gasteiger partial charge on any atom is -0.313 e. The van der Waals surface area contributed by atoms with Gasteiger partial charge in [0.1, 0.15) is 0 Å². The Morgan fingerprint density at radius 2 is 2.09 bits per heavy atom. The van der Waals surface area contributed by atoms with Crippen LogP contribution in [0.3, 0.4) is 0 Å². The molecule has 130 valence electrons. The monoisotopic (exact) mass is 379 g/mol. The molecule has 2 unspecified atom stereocenters. The number of rotatable bonds is 3. The van der Waals surface area contributed by atoms with Crippen LogP contribution < -0.4 is 5.32 Å². The quantitative estimate of drug-likeness (QED) is 0.876. The van der Waals surface area contributed by atoms with E-state index in [-0.39, 0.29) is 18.4 Å². The van der Waals surface area contributed by atoms with Gasteiger partial charge in [-0.2, -0.15) is 17.0 Å². The highest BCUT2D eigenvalue weighted by Gasteiger charge is 2.39. The van der Waals surface area contributed by atoms with Gasteiger partial charge < -0.3 is 5.32 Å². The lowest BCUT2D eigenvalue weighted by Crippen LogP contribution is -2.52. The van der Waals surface area contributed by atoms with Gasteiger partial charge in [-0.05, 0) is 30.0 Å². The Labute approximate surface area is 149 Å². The van der Waals surface area contributed by atoms with E-state index in [0.29, 0.717) is 43.7 Å². The highest BCUT2D eigenvalue weighted by Crippen LogP contribution is 2.30. The molecule has 0 aromatic heterocycles. The molecule has 0 bridgehead atoms. The summed E-state index contributed by atoms with van der Waals surface area (Å²) in [7, 11) is -3.42. The molecule has 1 N–H and O–H groups in total. The maximum Gasteiger partial charge on any atom is 0.282 e. The molecule has 1 aromatic carbocycles. The van der Waals surface area contributed by atoms with E-state index in [4.69, 9.17) is 11.6 Å². The number of halogens is 2. The smallest absolute Gasteiger partial charge is 0.282 e. The van der Waals surface area contributed by atoms with E-state index in [1.807, 2.05) is 24.3 Å². The topological polar surface area (TPSA) is 52.7 Å². The van der Waals surface area contributed by atoms with Crippen LogP contribution in [0.15, 0.2) is 24.3 Å². The third-order valence-corrected chi connectivity index (χ3v) is 6.69. The lowest BCUT2D eigenvalue weighted by Gasteiger charge is -2.37. The molecule has 0 aliphatic carbocycles. The molecule has 2 aliphatic rings. The number of nitrogens with zero attached hydrogens (tertiary/aromatic N) is 2. The third kappa shape index (κ3) is 4.00. The standard InChI is InChI=1S/C15H22ClN3O2S.ClH/c1-12-5-7-18(11-12)22(20,21)19-8-6-17-10-15(19)13-3-2-4-14(16)9-13;/h2-4,9,12,15,17H,5-8,10-11H2,1H3;1H. The summed E-state index contributed by atoms with van der Waals surface area (Å²) in [5.74, 6) is 0.433. The van der Waals surface area contributed by atoms with Crippen LogP contribution in [0.25, 0.3) is 0 Å². The lowest BCUT2D eigenvalue weighted by molar-refractivity contribution is 0.252. The van der Waals surface area contributed by atoms with Gasteiger partial charge in [-0.3, -0.25) is 0 Å². The summed E-state index contributed by atoms with van der Waals surface area (Å²) in [6, 6.07) is 7.28. The first-order valence-corrected chi connectivity index (χ1v) is 9.49. The molecule has 0 spiro atoms. The molecule has 3 rings (SSSR count). The average Bonchev–Trinajstić information content (AvgIpc) is 2.95. The van der Waals surface area contributed by atoms with Gasteiger partial charge in [0.2, 0.25) is 0 Å². The van der Waals surface area contributed by atoms with Crippen LogP contribution in [0.2, 0.25) is 5.02 Å². The Morgan fingerprint density at radius 1 is 1.30 bits per heavy atom. The summed E-state index contributed by atoms with van der Waals surface area (Å²) in [5.41, 5.74) is 0.940. The average molecular weight is 380 g/mol. The molecule has 2 atom stereocenters. The predicted octanol–water partition coefficient (Wildman–Crippen LogP) is 2.29. The molecule has 2 saturated heterocycles. The molecule has 0 amide bonds. The number of nitrogens with one attached hydrogen (secondary N) is 1. The van der Waals surface area contributed by atoms with Crippen LogP contribution >= 0.6 is 24.0 Å². The summed E-state index contributed by atoms with van der Waals surface area (Å²) >= 11 is 6.07. The number of hydrogen-bond acceptors (Lipinski definition) is 3. The van der Waals surface area contributed by atoms with Crippen molar-refractivity contribution in [1.29, 1.82) is 0 Å². The summed E-state index contributed by atoms with van der Waals surface area (Å²) in [4.78, 5) is 0. The van der Waals surface area contributed by atoms with Crippen LogP contribution in [0.1, 0.15) is 24.9 Å². The molecular weight excluding hydrogens is 357 g/mol. The van der Waals surface area contributed by atoms with Crippen molar-refractivity contribution in [3.63, 3.8) is 0 Å². The van der Waals surface area contributed by atoms with Crippen molar-refractivity contribution in [2.24, 2.45) is 5.92 Å². The van der Waals surface area contributed by atoms with Crippen LogP contribution in [-0.4, -0.2) is 49.8 Å². The molecule has 0 radical (unpaired) electrons. The second kappa shape index (κ2) is 7.68. The minimum absolute atomic E-state index is 0. The fourth-order valence-corrected chi connectivity index (χ4v) is 5.33. The Hall–Kier alpha value is -0.370. The first-order chi connectivity index (χ1) is 10.5. The van der Waals surface area contributed by atoms with Crippen LogP contribution in [0.4, 0.5) is 0 Å². The largest absolute Gasteiger partial charge is 0.313 e. The van der Waals surface area contributed by atoms with Crippen LogP contribution in [0, 0.1) is 5.92 Å². The van der Waals surface area contributed by atoms with Crippen molar-refractivity contribution in [2.45, 2.75) is 19.4 Å². The SMILES string of the molecule is CC1CCN(S(=O)(=O)N2CCNCC2c2cccc(Cl)c2)C1.Cl. The molecule has 0 saturated carbocycles. The van der Waals surface area contributed by atoms with Crippen molar-refractivity contribution < 1.29 is 8.42 Å². The molecule has 5 nitrogen and oxygen atoms in total. The van der Waals surface area contributed by atoms with Gasteiger partial charge in [0.15, 0.2) is 0 Å².